The quantitative estimate of drug-likeness (QED) is 0.452. The zero-order valence-corrected chi connectivity index (χ0v) is 22.2. The second-order valence-electron chi connectivity index (χ2n) is 8.11. The van der Waals surface area contributed by atoms with E-state index in [-0.39, 0.29) is 18.5 Å². The number of nitrogens with one attached hydrogen (secondary N) is 1. The van der Waals surface area contributed by atoms with Crippen LogP contribution in [0.5, 0.6) is 0 Å². The molecule has 0 saturated carbocycles. The van der Waals surface area contributed by atoms with Gasteiger partial charge in [0.1, 0.15) is 18.4 Å². The van der Waals surface area contributed by atoms with Gasteiger partial charge in [-0.2, -0.15) is 0 Å². The zero-order valence-electron chi connectivity index (χ0n) is 19.8. The van der Waals surface area contributed by atoms with E-state index in [1.807, 2.05) is 13.8 Å². The largest absolute Gasteiger partial charge is 0.352 e. The summed E-state index contributed by atoms with van der Waals surface area (Å²) < 4.78 is 40.2. The number of rotatable bonds is 11. The summed E-state index contributed by atoms with van der Waals surface area (Å²) in [6, 6.07) is 11.4. The first-order valence-corrected chi connectivity index (χ1v) is 13.7. The van der Waals surface area contributed by atoms with Crippen LogP contribution in [0.3, 0.4) is 0 Å². The van der Waals surface area contributed by atoms with E-state index >= 15 is 0 Å². The standard InChI is InChI=1S/C24H31BrFN3O4S/c1-5-17(3)27-24(31)21(6-2)28(15-18-11-13-19(26)14-12-18)23(30)16-29(34(4,32)33)22-10-8-7-9-20(22)25/h7-14,17,21H,5-6,15-16H2,1-4H3,(H,27,31)/t17-,21+/m0/s1. The third-order valence-corrected chi connectivity index (χ3v) is 7.25. The van der Waals surface area contributed by atoms with Gasteiger partial charge in [0.2, 0.25) is 21.8 Å². The van der Waals surface area contributed by atoms with Gasteiger partial charge in [0.15, 0.2) is 0 Å². The second-order valence-corrected chi connectivity index (χ2v) is 10.9. The molecule has 0 unspecified atom stereocenters. The first-order valence-electron chi connectivity index (χ1n) is 11.0. The van der Waals surface area contributed by atoms with E-state index in [9.17, 15) is 22.4 Å². The second kappa shape index (κ2) is 12.3. The Bertz CT molecular complexity index is 1100. The molecule has 0 aromatic heterocycles. The molecule has 0 spiro atoms. The van der Waals surface area contributed by atoms with Crippen molar-refractivity contribution >= 4 is 43.5 Å². The number of amides is 2. The summed E-state index contributed by atoms with van der Waals surface area (Å²) in [5.41, 5.74) is 0.938. The van der Waals surface area contributed by atoms with Crippen molar-refractivity contribution in [1.29, 1.82) is 0 Å². The molecule has 0 radical (unpaired) electrons. The highest BCUT2D eigenvalue weighted by Gasteiger charge is 2.32. The lowest BCUT2D eigenvalue weighted by molar-refractivity contribution is -0.140. The monoisotopic (exact) mass is 555 g/mol. The molecule has 2 rings (SSSR count). The van der Waals surface area contributed by atoms with Crippen LogP contribution >= 0.6 is 15.9 Å². The Labute approximate surface area is 209 Å². The molecule has 0 saturated heterocycles. The molecule has 0 heterocycles. The minimum Gasteiger partial charge on any atom is -0.352 e. The molecule has 0 fully saturated rings. The van der Waals surface area contributed by atoms with Gasteiger partial charge in [-0.05, 0) is 65.5 Å². The van der Waals surface area contributed by atoms with Crippen molar-refractivity contribution in [1.82, 2.24) is 10.2 Å². The van der Waals surface area contributed by atoms with E-state index in [1.165, 1.54) is 29.2 Å². The lowest BCUT2D eigenvalue weighted by atomic mass is 10.1. The molecule has 34 heavy (non-hydrogen) atoms. The Morgan fingerprint density at radius 1 is 1.06 bits per heavy atom. The maximum atomic E-state index is 13.6. The summed E-state index contributed by atoms with van der Waals surface area (Å²) in [5, 5.41) is 2.90. The van der Waals surface area contributed by atoms with Crippen molar-refractivity contribution in [2.24, 2.45) is 0 Å². The van der Waals surface area contributed by atoms with E-state index in [0.717, 1.165) is 17.0 Å². The summed E-state index contributed by atoms with van der Waals surface area (Å²) in [7, 11) is -3.82. The Kier molecular flexibility index (Phi) is 10.1. The normalized spacial score (nSPS) is 13.1. The van der Waals surface area contributed by atoms with Crippen molar-refractivity contribution in [3.63, 3.8) is 0 Å². The van der Waals surface area contributed by atoms with Crippen LogP contribution in [0.4, 0.5) is 10.1 Å². The van der Waals surface area contributed by atoms with Gasteiger partial charge in [-0.25, -0.2) is 12.8 Å². The Morgan fingerprint density at radius 2 is 1.68 bits per heavy atom. The van der Waals surface area contributed by atoms with Crippen molar-refractivity contribution < 1.29 is 22.4 Å². The fraction of sp³-hybridized carbons (Fsp3) is 0.417. The molecule has 0 aliphatic rings. The SMILES string of the molecule is CC[C@H](C(=O)N[C@@H](C)CC)N(Cc1ccc(F)cc1)C(=O)CN(c1ccccc1Br)S(C)(=O)=O. The maximum absolute atomic E-state index is 13.6. The Balaban J connectivity index is 2.44. The van der Waals surface area contributed by atoms with Crippen LogP contribution in [0, 0.1) is 5.82 Å². The van der Waals surface area contributed by atoms with Gasteiger partial charge in [0.25, 0.3) is 0 Å². The molecule has 2 aromatic carbocycles. The van der Waals surface area contributed by atoms with Gasteiger partial charge in [0, 0.05) is 17.1 Å². The maximum Gasteiger partial charge on any atom is 0.244 e. The molecule has 2 amide bonds. The van der Waals surface area contributed by atoms with Gasteiger partial charge in [-0.1, -0.05) is 38.1 Å². The number of benzene rings is 2. The third kappa shape index (κ3) is 7.53. The predicted octanol–water partition coefficient (Wildman–Crippen LogP) is 4.08. The van der Waals surface area contributed by atoms with Crippen molar-refractivity contribution in [3.8, 4) is 0 Å². The first-order chi connectivity index (χ1) is 16.0. The lowest BCUT2D eigenvalue weighted by Gasteiger charge is -2.33. The molecule has 10 heteroatoms. The molecule has 2 atom stereocenters. The molecule has 186 valence electrons. The third-order valence-electron chi connectivity index (χ3n) is 5.45. The summed E-state index contributed by atoms with van der Waals surface area (Å²) in [6.45, 7) is 5.13. The van der Waals surface area contributed by atoms with Crippen LogP contribution in [0.15, 0.2) is 53.0 Å². The topological polar surface area (TPSA) is 86.8 Å². The highest BCUT2D eigenvalue weighted by Crippen LogP contribution is 2.28. The summed E-state index contributed by atoms with van der Waals surface area (Å²) in [4.78, 5) is 28.0. The number of nitrogens with zero attached hydrogens (tertiary/aromatic N) is 2. The van der Waals surface area contributed by atoms with Gasteiger partial charge >= 0.3 is 0 Å². The van der Waals surface area contributed by atoms with Crippen LogP contribution in [0.2, 0.25) is 0 Å². The number of halogens is 2. The molecular formula is C24H31BrFN3O4S. The number of hydrogen-bond donors (Lipinski definition) is 1. The molecule has 0 bridgehead atoms. The number of sulfonamides is 1. The first kappa shape index (κ1) is 27.8. The van der Waals surface area contributed by atoms with Crippen LogP contribution in [0.1, 0.15) is 39.2 Å². The van der Waals surface area contributed by atoms with Crippen LogP contribution < -0.4 is 9.62 Å². The van der Waals surface area contributed by atoms with E-state index in [4.69, 9.17) is 0 Å². The van der Waals surface area contributed by atoms with Crippen LogP contribution in [-0.4, -0.2) is 50.0 Å². The summed E-state index contributed by atoms with van der Waals surface area (Å²) in [6.07, 6.45) is 2.07. The molecule has 1 N–H and O–H groups in total. The van der Waals surface area contributed by atoms with Crippen molar-refractivity contribution in [3.05, 3.63) is 64.4 Å². The zero-order chi connectivity index (χ0) is 25.5. The van der Waals surface area contributed by atoms with E-state index in [1.54, 1.807) is 31.2 Å². The van der Waals surface area contributed by atoms with Gasteiger partial charge < -0.3 is 10.2 Å². The average molecular weight is 556 g/mol. The summed E-state index contributed by atoms with van der Waals surface area (Å²) in [5.74, 6) is -1.28. The minimum absolute atomic E-state index is 0.0269. The molecule has 2 aromatic rings. The smallest absolute Gasteiger partial charge is 0.244 e. The van der Waals surface area contributed by atoms with E-state index in [2.05, 4.69) is 21.2 Å². The number of para-hydroxylation sites is 1. The van der Waals surface area contributed by atoms with Crippen LogP contribution in [0.25, 0.3) is 0 Å². The van der Waals surface area contributed by atoms with Crippen LogP contribution in [-0.2, 0) is 26.2 Å². The Hall–Kier alpha value is -2.46. The van der Waals surface area contributed by atoms with Gasteiger partial charge in [0.05, 0.1) is 11.9 Å². The van der Waals surface area contributed by atoms with E-state index < -0.39 is 34.3 Å². The highest BCUT2D eigenvalue weighted by atomic mass is 79.9. The molecular weight excluding hydrogens is 525 g/mol. The molecule has 7 nitrogen and oxygen atoms in total. The van der Waals surface area contributed by atoms with Gasteiger partial charge in [-0.15, -0.1) is 0 Å². The van der Waals surface area contributed by atoms with E-state index in [0.29, 0.717) is 22.1 Å². The fourth-order valence-corrected chi connectivity index (χ4v) is 4.87. The summed E-state index contributed by atoms with van der Waals surface area (Å²) >= 11 is 3.35. The Morgan fingerprint density at radius 3 is 2.21 bits per heavy atom. The average Bonchev–Trinajstić information content (AvgIpc) is 2.78. The predicted molar refractivity (Wildman–Crippen MR) is 135 cm³/mol. The van der Waals surface area contributed by atoms with Gasteiger partial charge in [-0.3, -0.25) is 13.9 Å². The minimum atomic E-state index is -3.82. The molecule has 0 aliphatic heterocycles. The van der Waals surface area contributed by atoms with Crippen molar-refractivity contribution in [2.45, 2.75) is 52.2 Å². The highest BCUT2D eigenvalue weighted by molar-refractivity contribution is 9.10. The number of carbonyl (C=O) groups excluding carboxylic acids is 2. The number of anilines is 1. The number of hydrogen-bond acceptors (Lipinski definition) is 4. The molecule has 0 aliphatic carbocycles. The van der Waals surface area contributed by atoms with Crippen molar-refractivity contribution in [2.75, 3.05) is 17.1 Å². The number of carbonyl (C=O) groups is 2. The lowest BCUT2D eigenvalue weighted by Crippen LogP contribution is -2.53. The fourth-order valence-electron chi connectivity index (χ4n) is 3.40.